The van der Waals surface area contributed by atoms with Gasteiger partial charge in [0.2, 0.25) is 0 Å². The van der Waals surface area contributed by atoms with Crippen LogP contribution in [-0.4, -0.2) is 0 Å². The molecule has 1 rings (SSSR count). The Morgan fingerprint density at radius 1 is 1.36 bits per heavy atom. The van der Waals surface area contributed by atoms with Crippen molar-refractivity contribution in [3.8, 4) is 6.07 Å². The summed E-state index contributed by atoms with van der Waals surface area (Å²) >= 11 is 7.27. The van der Waals surface area contributed by atoms with Gasteiger partial charge in [0, 0.05) is 3.57 Å². The molecule has 1 aromatic rings. The predicted octanol–water partition coefficient (Wildman–Crippen LogP) is 3.84. The first-order valence-electron chi connectivity index (χ1n) is 3.32. The Hall–Kier alpha value is -0.480. The summed E-state index contributed by atoms with van der Waals surface area (Å²) in [6.07, 6.45) is -4.52. The second-order valence-electron chi connectivity index (χ2n) is 2.42. The van der Waals surface area contributed by atoms with Gasteiger partial charge in [-0.3, -0.25) is 0 Å². The van der Waals surface area contributed by atoms with Crippen molar-refractivity contribution in [2.24, 2.45) is 0 Å². The van der Waals surface area contributed by atoms with Gasteiger partial charge in [-0.25, -0.2) is 0 Å². The highest BCUT2D eigenvalue weighted by Crippen LogP contribution is 2.35. The molecule has 0 radical (unpaired) electrons. The molecular weight excluding hydrogens is 329 g/mol. The molecule has 0 spiro atoms. The fourth-order valence-corrected chi connectivity index (χ4v) is 1.50. The van der Waals surface area contributed by atoms with Gasteiger partial charge in [-0.05, 0) is 34.7 Å². The Labute approximate surface area is 96.6 Å². The van der Waals surface area contributed by atoms with E-state index in [-0.39, 0.29) is 8.59 Å². The first kappa shape index (κ1) is 11.6. The molecule has 1 aromatic carbocycles. The van der Waals surface area contributed by atoms with Gasteiger partial charge in [-0.2, -0.15) is 18.4 Å². The zero-order chi connectivity index (χ0) is 10.9. The summed E-state index contributed by atoms with van der Waals surface area (Å²) in [5.74, 6) is 0. The molecule has 0 aromatic heterocycles. The van der Waals surface area contributed by atoms with E-state index < -0.39 is 17.3 Å². The maximum absolute atomic E-state index is 12.3. The molecule has 6 heteroatoms. The van der Waals surface area contributed by atoms with Crippen LogP contribution in [0.25, 0.3) is 0 Å². The van der Waals surface area contributed by atoms with Crippen molar-refractivity contribution in [3.05, 3.63) is 31.9 Å². The van der Waals surface area contributed by atoms with Crippen LogP contribution in [0.3, 0.4) is 0 Å². The third-order valence-electron chi connectivity index (χ3n) is 1.49. The number of nitriles is 1. The lowest BCUT2D eigenvalue weighted by molar-refractivity contribution is -0.137. The molecule has 0 bridgehead atoms. The van der Waals surface area contributed by atoms with Crippen LogP contribution in [-0.2, 0) is 6.18 Å². The van der Waals surface area contributed by atoms with E-state index in [2.05, 4.69) is 0 Å². The van der Waals surface area contributed by atoms with Crippen molar-refractivity contribution in [3.63, 3.8) is 0 Å². The topological polar surface area (TPSA) is 23.8 Å². The van der Waals surface area contributed by atoms with E-state index in [0.717, 1.165) is 12.1 Å². The number of alkyl halides is 3. The van der Waals surface area contributed by atoms with Crippen molar-refractivity contribution < 1.29 is 13.2 Å². The number of halogens is 5. The van der Waals surface area contributed by atoms with Crippen molar-refractivity contribution in [1.82, 2.24) is 0 Å². The Morgan fingerprint density at radius 3 is 2.36 bits per heavy atom. The highest BCUT2D eigenvalue weighted by Gasteiger charge is 2.34. The summed E-state index contributed by atoms with van der Waals surface area (Å²) in [5.41, 5.74) is -1.41. The Bertz CT molecular complexity index is 408. The third-order valence-corrected chi connectivity index (χ3v) is 3.01. The number of rotatable bonds is 0. The van der Waals surface area contributed by atoms with E-state index in [1.807, 2.05) is 0 Å². The first-order valence-corrected chi connectivity index (χ1v) is 4.78. The van der Waals surface area contributed by atoms with E-state index in [1.54, 1.807) is 22.6 Å². The molecule has 14 heavy (non-hydrogen) atoms. The molecular formula is C8H2ClF3IN. The summed E-state index contributed by atoms with van der Waals surface area (Å²) < 4.78 is 37.3. The molecule has 0 aliphatic carbocycles. The van der Waals surface area contributed by atoms with Crippen LogP contribution in [0.15, 0.2) is 12.1 Å². The van der Waals surface area contributed by atoms with Gasteiger partial charge in [0.05, 0.1) is 22.2 Å². The molecule has 0 unspecified atom stereocenters. The van der Waals surface area contributed by atoms with Crippen LogP contribution in [0.4, 0.5) is 13.2 Å². The van der Waals surface area contributed by atoms with Gasteiger partial charge in [0.1, 0.15) is 0 Å². The minimum Gasteiger partial charge on any atom is -0.192 e. The van der Waals surface area contributed by atoms with Gasteiger partial charge >= 0.3 is 6.18 Å². The van der Waals surface area contributed by atoms with E-state index in [0.29, 0.717) is 0 Å². The molecule has 0 saturated carbocycles. The number of benzene rings is 1. The van der Waals surface area contributed by atoms with Gasteiger partial charge in [-0.15, -0.1) is 0 Å². The lowest BCUT2D eigenvalue weighted by Gasteiger charge is -2.09. The van der Waals surface area contributed by atoms with E-state index in [9.17, 15) is 13.2 Å². The van der Waals surface area contributed by atoms with Crippen LogP contribution in [0.5, 0.6) is 0 Å². The summed E-state index contributed by atoms with van der Waals surface area (Å²) in [6.45, 7) is 0. The summed E-state index contributed by atoms with van der Waals surface area (Å²) in [4.78, 5) is 0. The highest BCUT2D eigenvalue weighted by molar-refractivity contribution is 14.1. The predicted molar refractivity (Wildman–Crippen MR) is 53.9 cm³/mol. The van der Waals surface area contributed by atoms with E-state index in [1.165, 1.54) is 6.07 Å². The molecule has 0 atom stereocenters. The van der Waals surface area contributed by atoms with Crippen molar-refractivity contribution in [2.45, 2.75) is 6.18 Å². The lowest BCUT2D eigenvalue weighted by atomic mass is 10.1. The van der Waals surface area contributed by atoms with E-state index >= 15 is 0 Å². The Balaban J connectivity index is 3.45. The Kier molecular flexibility index (Phi) is 3.27. The van der Waals surface area contributed by atoms with Crippen molar-refractivity contribution in [2.75, 3.05) is 0 Å². The third kappa shape index (κ3) is 2.30. The van der Waals surface area contributed by atoms with Gasteiger partial charge < -0.3 is 0 Å². The number of nitrogens with zero attached hydrogens (tertiary/aromatic N) is 1. The Morgan fingerprint density at radius 2 is 1.93 bits per heavy atom. The number of hydrogen-bond acceptors (Lipinski definition) is 1. The zero-order valence-corrected chi connectivity index (χ0v) is 9.41. The molecule has 0 heterocycles. The SMILES string of the molecule is N#Cc1cc(Cl)c(I)cc1C(F)(F)F. The highest BCUT2D eigenvalue weighted by atomic mass is 127. The number of hydrogen-bond donors (Lipinski definition) is 0. The molecule has 0 amide bonds. The molecule has 1 nitrogen and oxygen atoms in total. The zero-order valence-electron chi connectivity index (χ0n) is 6.49. The van der Waals surface area contributed by atoms with Crippen LogP contribution in [0.2, 0.25) is 5.02 Å². The van der Waals surface area contributed by atoms with Gasteiger partial charge in [0.25, 0.3) is 0 Å². The molecule has 0 aliphatic rings. The monoisotopic (exact) mass is 331 g/mol. The van der Waals surface area contributed by atoms with Crippen LogP contribution >= 0.6 is 34.2 Å². The maximum Gasteiger partial charge on any atom is 0.417 e. The molecule has 0 saturated heterocycles. The first-order chi connectivity index (χ1) is 6.36. The summed E-state index contributed by atoms with van der Waals surface area (Å²) in [7, 11) is 0. The second kappa shape index (κ2) is 3.95. The van der Waals surface area contributed by atoms with Crippen molar-refractivity contribution in [1.29, 1.82) is 5.26 Å². The minimum atomic E-state index is -4.52. The average molecular weight is 331 g/mol. The van der Waals surface area contributed by atoms with Crippen LogP contribution in [0, 0.1) is 14.9 Å². The lowest BCUT2D eigenvalue weighted by Crippen LogP contribution is -2.08. The quantitative estimate of drug-likeness (QED) is 0.663. The maximum atomic E-state index is 12.3. The minimum absolute atomic E-state index is 0.148. The molecule has 0 fully saturated rings. The standard InChI is InChI=1S/C8H2ClF3IN/c9-6-1-4(3-14)5(2-7(6)13)8(10,11)12/h1-2H. The van der Waals surface area contributed by atoms with Crippen LogP contribution < -0.4 is 0 Å². The average Bonchev–Trinajstić information content (AvgIpc) is 2.07. The second-order valence-corrected chi connectivity index (χ2v) is 3.99. The van der Waals surface area contributed by atoms with E-state index in [4.69, 9.17) is 16.9 Å². The van der Waals surface area contributed by atoms with Crippen molar-refractivity contribution >= 4 is 34.2 Å². The fraction of sp³-hybridized carbons (Fsp3) is 0.125. The largest absolute Gasteiger partial charge is 0.417 e. The normalized spacial score (nSPS) is 11.1. The smallest absolute Gasteiger partial charge is 0.192 e. The van der Waals surface area contributed by atoms with Gasteiger partial charge in [0.15, 0.2) is 0 Å². The molecule has 0 aliphatic heterocycles. The molecule has 0 N–H and O–H groups in total. The fourth-order valence-electron chi connectivity index (χ4n) is 0.874. The summed E-state index contributed by atoms with van der Waals surface area (Å²) in [6, 6.07) is 3.34. The van der Waals surface area contributed by atoms with Crippen LogP contribution in [0.1, 0.15) is 11.1 Å². The molecule has 74 valence electrons. The van der Waals surface area contributed by atoms with Gasteiger partial charge in [-0.1, -0.05) is 11.6 Å². The summed E-state index contributed by atoms with van der Waals surface area (Å²) in [5, 5.41) is 8.63.